The molecule has 0 aliphatic carbocycles. The number of nitrogens with zero attached hydrogens (tertiary/aromatic N) is 3. The molecule has 12 heteroatoms. The maximum Gasteiger partial charge on any atom is 0.261 e. The van der Waals surface area contributed by atoms with E-state index < -0.39 is 15.8 Å². The summed E-state index contributed by atoms with van der Waals surface area (Å²) in [6.07, 6.45) is 2.87. The summed E-state index contributed by atoms with van der Waals surface area (Å²) in [5.41, 5.74) is 0.942. The Morgan fingerprint density at radius 3 is 2.40 bits per heavy atom. The number of rotatable bonds is 13. The molecule has 0 aliphatic heterocycles. The van der Waals surface area contributed by atoms with E-state index in [1.165, 1.54) is 30.0 Å². The number of carbonyl (C=O) groups is 1. The number of halogens is 2. The van der Waals surface area contributed by atoms with Gasteiger partial charge in [-0.15, -0.1) is 10.2 Å². The molecule has 42 heavy (non-hydrogen) atoms. The van der Waals surface area contributed by atoms with Gasteiger partial charge in [-0.3, -0.25) is 14.1 Å². The van der Waals surface area contributed by atoms with E-state index in [-0.39, 0.29) is 39.0 Å². The predicted molar refractivity (Wildman–Crippen MR) is 167 cm³/mol. The first kappa shape index (κ1) is 31.5. The number of nitrogens with one attached hydrogen (secondary N) is 2. The van der Waals surface area contributed by atoms with Crippen molar-refractivity contribution in [3.63, 3.8) is 0 Å². The summed E-state index contributed by atoms with van der Waals surface area (Å²) in [7, 11) is -3.95. The summed E-state index contributed by atoms with van der Waals surface area (Å²) in [6, 6.07) is 19.0. The predicted octanol–water partition coefficient (Wildman–Crippen LogP) is 7.66. The van der Waals surface area contributed by atoms with Crippen LogP contribution in [-0.4, -0.2) is 34.8 Å². The number of para-hydroxylation sites is 2. The van der Waals surface area contributed by atoms with E-state index >= 15 is 0 Å². The van der Waals surface area contributed by atoms with Gasteiger partial charge in [-0.2, -0.15) is 0 Å². The number of aromatic nitrogens is 3. The molecule has 0 bridgehead atoms. The lowest BCUT2D eigenvalue weighted by Gasteiger charge is -2.19. The normalized spacial score (nSPS) is 12.3. The van der Waals surface area contributed by atoms with Crippen LogP contribution in [0.3, 0.4) is 0 Å². The van der Waals surface area contributed by atoms with Gasteiger partial charge in [0.2, 0.25) is 5.91 Å². The van der Waals surface area contributed by atoms with Crippen molar-refractivity contribution in [1.29, 1.82) is 0 Å². The van der Waals surface area contributed by atoms with Gasteiger partial charge in [0.1, 0.15) is 5.82 Å². The maximum atomic E-state index is 14.0. The van der Waals surface area contributed by atoms with Crippen molar-refractivity contribution in [2.24, 2.45) is 5.92 Å². The molecule has 3 aromatic carbocycles. The number of benzene rings is 3. The third-order valence-corrected chi connectivity index (χ3v) is 9.15. The van der Waals surface area contributed by atoms with Crippen molar-refractivity contribution in [3.8, 4) is 11.4 Å². The average molecular weight is 630 g/mol. The number of amides is 1. The molecule has 2 N–H and O–H groups in total. The Morgan fingerprint density at radius 2 is 1.69 bits per heavy atom. The number of hydrogen-bond acceptors (Lipinski definition) is 6. The summed E-state index contributed by atoms with van der Waals surface area (Å²) in [4.78, 5) is 12.7. The van der Waals surface area contributed by atoms with Crippen LogP contribution in [0.1, 0.15) is 46.1 Å². The fourth-order valence-corrected chi connectivity index (χ4v) is 6.55. The van der Waals surface area contributed by atoms with Gasteiger partial charge in [0.25, 0.3) is 10.0 Å². The Hall–Kier alpha value is -3.41. The van der Waals surface area contributed by atoms with Gasteiger partial charge in [-0.1, -0.05) is 86.5 Å². The molecule has 0 fully saturated rings. The molecule has 222 valence electrons. The van der Waals surface area contributed by atoms with Crippen LogP contribution in [0.15, 0.2) is 82.8 Å². The molecule has 0 spiro atoms. The lowest BCUT2D eigenvalue weighted by Crippen LogP contribution is -2.16. The van der Waals surface area contributed by atoms with Crippen LogP contribution in [0.25, 0.3) is 11.4 Å². The van der Waals surface area contributed by atoms with E-state index in [9.17, 15) is 17.6 Å². The largest absolute Gasteiger partial charge is 0.323 e. The number of hydrogen-bond donors (Lipinski definition) is 2. The molecule has 1 amide bonds. The second-order valence-corrected chi connectivity index (χ2v) is 13.3. The smallest absolute Gasteiger partial charge is 0.261 e. The number of anilines is 2. The van der Waals surface area contributed by atoms with E-state index in [4.69, 9.17) is 11.6 Å². The fourth-order valence-electron chi connectivity index (χ4n) is 4.35. The minimum Gasteiger partial charge on any atom is -0.323 e. The van der Waals surface area contributed by atoms with Gasteiger partial charge in [-0.05, 0) is 55.7 Å². The summed E-state index contributed by atoms with van der Waals surface area (Å²) in [5, 5.41) is 12.2. The van der Waals surface area contributed by atoms with Crippen LogP contribution >= 0.6 is 23.4 Å². The Morgan fingerprint density at radius 1 is 0.976 bits per heavy atom. The molecule has 0 saturated carbocycles. The highest BCUT2D eigenvalue weighted by atomic mass is 35.5. The Balaban J connectivity index is 1.61. The molecule has 1 atom stereocenters. The molecule has 0 radical (unpaired) electrons. The van der Waals surface area contributed by atoms with Crippen LogP contribution in [0.2, 0.25) is 5.02 Å². The quantitative estimate of drug-likeness (QED) is 0.147. The molecule has 0 aliphatic rings. The summed E-state index contributed by atoms with van der Waals surface area (Å²) in [5.74, 6) is 0.132. The van der Waals surface area contributed by atoms with Crippen molar-refractivity contribution in [2.45, 2.75) is 56.1 Å². The Bertz CT molecular complexity index is 1650. The zero-order valence-electron chi connectivity index (χ0n) is 23.6. The van der Waals surface area contributed by atoms with Crippen LogP contribution in [0.5, 0.6) is 0 Å². The highest BCUT2D eigenvalue weighted by Gasteiger charge is 2.23. The molecule has 1 unspecified atom stereocenters. The fraction of sp³-hybridized carbons (Fsp3) is 0.300. The molecule has 1 heterocycles. The SMILES string of the molecule is CC(C)CCCC(C)n1c(SCC(=O)Nc2ccccc2F)nnc1-c1cccc(S(=O)(=O)Nc2ccccc2Cl)c1. The Kier molecular flexibility index (Phi) is 10.6. The van der Waals surface area contributed by atoms with E-state index in [1.54, 1.807) is 54.6 Å². The van der Waals surface area contributed by atoms with Gasteiger partial charge in [-0.25, -0.2) is 12.8 Å². The van der Waals surface area contributed by atoms with Crippen LogP contribution in [0, 0.1) is 11.7 Å². The molecule has 4 aromatic rings. The van der Waals surface area contributed by atoms with Gasteiger partial charge in [0.05, 0.1) is 27.0 Å². The van der Waals surface area contributed by atoms with E-state index in [1.807, 2.05) is 4.57 Å². The van der Waals surface area contributed by atoms with Gasteiger partial charge in [0.15, 0.2) is 11.0 Å². The summed E-state index contributed by atoms with van der Waals surface area (Å²) in [6.45, 7) is 6.40. The van der Waals surface area contributed by atoms with E-state index in [0.29, 0.717) is 22.5 Å². The van der Waals surface area contributed by atoms with Gasteiger partial charge in [0, 0.05) is 11.6 Å². The first-order valence-corrected chi connectivity index (χ1v) is 16.4. The van der Waals surface area contributed by atoms with Crippen molar-refractivity contribution < 1.29 is 17.6 Å². The van der Waals surface area contributed by atoms with Crippen molar-refractivity contribution >= 4 is 50.7 Å². The lowest BCUT2D eigenvalue weighted by atomic mass is 10.0. The Labute approximate surface area is 255 Å². The first-order chi connectivity index (χ1) is 20.0. The highest BCUT2D eigenvalue weighted by molar-refractivity contribution is 7.99. The third kappa shape index (κ3) is 8.11. The molecule has 0 saturated heterocycles. The summed E-state index contributed by atoms with van der Waals surface area (Å²) < 4.78 is 44.9. The number of carbonyl (C=O) groups excluding carboxylic acids is 1. The van der Waals surface area contributed by atoms with Crippen molar-refractivity contribution in [1.82, 2.24) is 14.8 Å². The molecule has 4 rings (SSSR count). The van der Waals surface area contributed by atoms with E-state index in [0.717, 1.165) is 19.3 Å². The second-order valence-electron chi connectivity index (χ2n) is 10.3. The number of thioether (sulfide) groups is 1. The maximum absolute atomic E-state index is 14.0. The van der Waals surface area contributed by atoms with Gasteiger partial charge >= 0.3 is 0 Å². The zero-order valence-corrected chi connectivity index (χ0v) is 25.9. The minimum atomic E-state index is -3.95. The molecule has 1 aromatic heterocycles. The lowest BCUT2D eigenvalue weighted by molar-refractivity contribution is -0.113. The van der Waals surface area contributed by atoms with Crippen LogP contribution in [0.4, 0.5) is 15.8 Å². The van der Waals surface area contributed by atoms with Crippen molar-refractivity contribution in [2.75, 3.05) is 15.8 Å². The summed E-state index contributed by atoms with van der Waals surface area (Å²) >= 11 is 7.36. The molecular weight excluding hydrogens is 597 g/mol. The van der Waals surface area contributed by atoms with Gasteiger partial charge < -0.3 is 5.32 Å². The topological polar surface area (TPSA) is 106 Å². The second kappa shape index (κ2) is 14.2. The zero-order chi connectivity index (χ0) is 30.3. The standard InChI is InChI=1S/C30H33ClFN5O3S2/c1-20(2)10-8-11-21(3)37-29(34-35-30(37)41-19-28(38)33-27-17-7-5-15-25(27)32)22-12-9-13-23(18-22)42(39,40)36-26-16-6-4-14-24(26)31/h4-7,9,12-18,20-21,36H,8,10-11,19H2,1-3H3,(H,33,38). The van der Waals surface area contributed by atoms with Crippen LogP contribution < -0.4 is 10.0 Å². The minimum absolute atomic E-state index is 0.0125. The van der Waals surface area contributed by atoms with Crippen LogP contribution in [-0.2, 0) is 14.8 Å². The average Bonchev–Trinajstić information content (AvgIpc) is 3.38. The monoisotopic (exact) mass is 629 g/mol. The van der Waals surface area contributed by atoms with Crippen molar-refractivity contribution in [3.05, 3.63) is 83.6 Å². The van der Waals surface area contributed by atoms with E-state index in [2.05, 4.69) is 41.0 Å². The highest BCUT2D eigenvalue weighted by Crippen LogP contribution is 2.32. The third-order valence-electron chi connectivity index (χ3n) is 6.51. The first-order valence-electron chi connectivity index (χ1n) is 13.5. The molecule has 8 nitrogen and oxygen atoms in total. The molecular formula is C30H33ClFN5O3S2. The number of sulfonamides is 1.